The maximum absolute atomic E-state index is 14.2. The molecule has 0 spiro atoms. The van der Waals surface area contributed by atoms with E-state index in [0.717, 1.165) is 0 Å². The monoisotopic (exact) mass is 648 g/mol. The van der Waals surface area contributed by atoms with E-state index in [1.54, 1.807) is 55.5 Å². The SMILES string of the molecule is CCN=C(N)N(C(=O)c1ccc(-c2cnn(C(F)F)c2)cc1)[C@H](COC(=O)Nc1ccccn1)c1ccc(Cl)c(-c2ncn[nH]2)c1. The van der Waals surface area contributed by atoms with E-state index in [4.69, 9.17) is 22.1 Å². The fourth-order valence-corrected chi connectivity index (χ4v) is 4.71. The van der Waals surface area contributed by atoms with Crippen LogP contribution < -0.4 is 11.1 Å². The van der Waals surface area contributed by atoms with Crippen LogP contribution in [0, 0.1) is 0 Å². The minimum Gasteiger partial charge on any atom is -0.447 e. The zero-order valence-corrected chi connectivity index (χ0v) is 25.0. The second kappa shape index (κ2) is 14.4. The van der Waals surface area contributed by atoms with Gasteiger partial charge in [0, 0.05) is 35.6 Å². The van der Waals surface area contributed by atoms with E-state index >= 15 is 0 Å². The number of carbonyl (C=O) groups is 2. The molecule has 3 heterocycles. The van der Waals surface area contributed by atoms with Crippen molar-refractivity contribution in [1.82, 2.24) is 34.8 Å². The molecule has 0 aliphatic carbocycles. The minimum absolute atomic E-state index is 0.135. The Morgan fingerprint density at radius 1 is 1.13 bits per heavy atom. The average Bonchev–Trinajstić information content (AvgIpc) is 3.78. The summed E-state index contributed by atoms with van der Waals surface area (Å²) < 4.78 is 32.2. The molecule has 0 fully saturated rings. The Labute approximate surface area is 266 Å². The van der Waals surface area contributed by atoms with Crippen molar-refractivity contribution >= 4 is 35.4 Å². The Balaban J connectivity index is 1.51. The number of ether oxygens (including phenoxy) is 1. The second-order valence-electron chi connectivity index (χ2n) is 9.60. The summed E-state index contributed by atoms with van der Waals surface area (Å²) in [6.07, 6.45) is 4.52. The van der Waals surface area contributed by atoms with Gasteiger partial charge in [-0.1, -0.05) is 35.9 Å². The number of hydrogen-bond donors (Lipinski definition) is 3. The van der Waals surface area contributed by atoms with Gasteiger partial charge < -0.3 is 10.5 Å². The lowest BCUT2D eigenvalue weighted by Crippen LogP contribution is -2.46. The number of nitrogens with one attached hydrogen (secondary N) is 2. The van der Waals surface area contributed by atoms with E-state index in [1.807, 2.05) is 0 Å². The molecule has 0 aliphatic heterocycles. The van der Waals surface area contributed by atoms with E-state index in [1.165, 1.54) is 42.0 Å². The first-order valence-corrected chi connectivity index (χ1v) is 14.2. The molecule has 13 nitrogen and oxygen atoms in total. The molecule has 0 bridgehead atoms. The van der Waals surface area contributed by atoms with Crippen LogP contribution in [0.3, 0.4) is 0 Å². The first kappa shape index (κ1) is 31.7. The Morgan fingerprint density at radius 3 is 2.59 bits per heavy atom. The van der Waals surface area contributed by atoms with Crippen LogP contribution >= 0.6 is 11.6 Å². The molecule has 1 atom stereocenters. The van der Waals surface area contributed by atoms with Gasteiger partial charge in [-0.3, -0.25) is 25.1 Å². The third-order valence-corrected chi connectivity index (χ3v) is 7.01. The number of carbonyl (C=O) groups excluding carboxylic acids is 2. The summed E-state index contributed by atoms with van der Waals surface area (Å²) in [5.74, 6) is -0.0651. The lowest BCUT2D eigenvalue weighted by molar-refractivity contribution is 0.0566. The largest absolute Gasteiger partial charge is 0.447 e. The highest BCUT2D eigenvalue weighted by Gasteiger charge is 2.31. The Morgan fingerprint density at radius 2 is 1.93 bits per heavy atom. The normalized spacial score (nSPS) is 12.2. The quantitative estimate of drug-likeness (QED) is 0.131. The van der Waals surface area contributed by atoms with Gasteiger partial charge in [0.25, 0.3) is 5.91 Å². The van der Waals surface area contributed by atoms with Crippen molar-refractivity contribution in [3.63, 3.8) is 0 Å². The lowest BCUT2D eigenvalue weighted by Gasteiger charge is -2.31. The van der Waals surface area contributed by atoms with E-state index in [0.29, 0.717) is 37.8 Å². The Bertz CT molecular complexity index is 1820. The number of rotatable bonds is 10. The topological polar surface area (TPSA) is 169 Å². The first-order valence-electron chi connectivity index (χ1n) is 13.8. The molecule has 2 amide bonds. The molecular weight excluding hydrogens is 622 g/mol. The lowest BCUT2D eigenvalue weighted by atomic mass is 10.0. The smallest absolute Gasteiger partial charge is 0.412 e. The van der Waals surface area contributed by atoms with Gasteiger partial charge in [-0.25, -0.2) is 19.4 Å². The molecule has 3 aromatic heterocycles. The molecule has 16 heteroatoms. The summed E-state index contributed by atoms with van der Waals surface area (Å²) in [6.45, 7) is -1.14. The number of nitrogens with zero attached hydrogens (tertiary/aromatic N) is 7. The summed E-state index contributed by atoms with van der Waals surface area (Å²) in [5, 5.41) is 13.2. The van der Waals surface area contributed by atoms with Crippen LogP contribution in [0.15, 0.2) is 90.6 Å². The maximum Gasteiger partial charge on any atom is 0.412 e. The number of aromatic nitrogens is 6. The third-order valence-electron chi connectivity index (χ3n) is 6.68. The molecule has 0 unspecified atom stereocenters. The zero-order valence-electron chi connectivity index (χ0n) is 24.2. The molecule has 0 saturated heterocycles. The van der Waals surface area contributed by atoms with Gasteiger partial charge in [-0.15, -0.1) is 0 Å². The van der Waals surface area contributed by atoms with Crippen molar-refractivity contribution in [1.29, 1.82) is 0 Å². The molecule has 0 aliphatic rings. The van der Waals surface area contributed by atoms with Crippen LogP contribution in [-0.2, 0) is 4.74 Å². The van der Waals surface area contributed by atoms with Crippen molar-refractivity contribution < 1.29 is 23.1 Å². The van der Waals surface area contributed by atoms with Crippen LogP contribution in [-0.4, -0.2) is 66.0 Å². The first-order chi connectivity index (χ1) is 22.2. The standard InChI is InChI=1S/C30H27ClF2N10O3/c1-2-35-29(34)43(27(44)19-8-6-18(7-9-19)21-14-39-42(15-21)28(32)33)24(16-46-30(45)40-25-5-3-4-12-36-25)20-10-11-23(31)22(13-20)26-37-17-38-41-26/h3-15,17,24,28H,2,16H2,1H3,(H2,34,35)(H,36,40,45)(H,37,38,41)/t24-/m1/s1. The van der Waals surface area contributed by atoms with Crippen molar-refractivity contribution in [2.24, 2.45) is 10.7 Å². The van der Waals surface area contributed by atoms with Crippen molar-refractivity contribution in [2.75, 3.05) is 18.5 Å². The summed E-state index contributed by atoms with van der Waals surface area (Å²) in [7, 11) is 0. The van der Waals surface area contributed by atoms with Crippen LogP contribution in [0.25, 0.3) is 22.5 Å². The zero-order chi connectivity index (χ0) is 32.6. The van der Waals surface area contributed by atoms with Crippen molar-refractivity contribution in [2.45, 2.75) is 19.5 Å². The number of H-pyrrole nitrogens is 1. The number of halogens is 3. The summed E-state index contributed by atoms with van der Waals surface area (Å²) in [5.41, 5.74) is 8.57. The molecule has 236 valence electrons. The fraction of sp³-hybridized carbons (Fsp3) is 0.167. The number of hydrogen-bond acceptors (Lipinski definition) is 8. The van der Waals surface area contributed by atoms with Crippen molar-refractivity contribution in [3.05, 3.63) is 102 Å². The van der Waals surface area contributed by atoms with Crippen LogP contribution in [0.4, 0.5) is 19.4 Å². The molecule has 5 rings (SSSR count). The highest BCUT2D eigenvalue weighted by molar-refractivity contribution is 6.33. The van der Waals surface area contributed by atoms with Gasteiger partial charge >= 0.3 is 12.6 Å². The highest BCUT2D eigenvalue weighted by atomic mass is 35.5. The van der Waals surface area contributed by atoms with Gasteiger partial charge in [0.05, 0.1) is 17.3 Å². The molecule has 5 aromatic rings. The van der Waals surface area contributed by atoms with Crippen molar-refractivity contribution in [3.8, 4) is 22.5 Å². The van der Waals surface area contributed by atoms with Gasteiger partial charge in [0.2, 0.25) is 0 Å². The fourth-order valence-electron chi connectivity index (χ4n) is 4.50. The summed E-state index contributed by atoms with van der Waals surface area (Å²) in [4.78, 5) is 40.7. The van der Waals surface area contributed by atoms with E-state index in [-0.39, 0.29) is 30.5 Å². The molecule has 4 N–H and O–H groups in total. The molecule has 0 saturated carbocycles. The maximum atomic E-state index is 14.2. The number of alkyl halides is 2. The number of pyridine rings is 1. The second-order valence-corrected chi connectivity index (χ2v) is 10.0. The predicted molar refractivity (Wildman–Crippen MR) is 166 cm³/mol. The molecule has 46 heavy (non-hydrogen) atoms. The van der Waals surface area contributed by atoms with Crippen LogP contribution in [0.2, 0.25) is 5.02 Å². The molecular formula is C30H27ClF2N10O3. The highest BCUT2D eigenvalue weighted by Crippen LogP contribution is 2.32. The minimum atomic E-state index is -2.79. The van der Waals surface area contributed by atoms with E-state index in [2.05, 4.69) is 35.6 Å². The number of nitrogens with two attached hydrogens (primary N) is 1. The van der Waals surface area contributed by atoms with Gasteiger partial charge in [-0.2, -0.15) is 19.0 Å². The number of anilines is 1. The van der Waals surface area contributed by atoms with Crippen LogP contribution in [0.1, 0.15) is 35.4 Å². The third kappa shape index (κ3) is 7.32. The summed E-state index contributed by atoms with van der Waals surface area (Å²) >= 11 is 6.48. The van der Waals surface area contributed by atoms with Gasteiger partial charge in [0.1, 0.15) is 18.8 Å². The van der Waals surface area contributed by atoms with Crippen LogP contribution in [0.5, 0.6) is 0 Å². The number of amides is 2. The van der Waals surface area contributed by atoms with E-state index in [9.17, 15) is 18.4 Å². The summed E-state index contributed by atoms with van der Waals surface area (Å²) in [6, 6.07) is 15.2. The number of benzene rings is 2. The molecule has 2 aromatic carbocycles. The number of guanidine groups is 1. The molecule has 0 radical (unpaired) electrons. The Hall–Kier alpha value is -5.70. The number of aliphatic imine (C=N–C) groups is 1. The average molecular weight is 649 g/mol. The van der Waals surface area contributed by atoms with Gasteiger partial charge in [0.15, 0.2) is 11.8 Å². The van der Waals surface area contributed by atoms with Gasteiger partial charge in [-0.05, 0) is 54.4 Å². The number of aromatic amines is 1. The van der Waals surface area contributed by atoms with E-state index < -0.39 is 24.6 Å². The Kier molecular flexibility index (Phi) is 9.92. The predicted octanol–water partition coefficient (Wildman–Crippen LogP) is 5.55.